The Morgan fingerprint density at radius 3 is 2.53 bits per heavy atom. The maximum absolute atomic E-state index is 13.3. The zero-order valence-corrected chi connectivity index (χ0v) is 18.6. The molecule has 1 saturated heterocycles. The Balaban J connectivity index is 1.57. The minimum atomic E-state index is -0.585. The first-order chi connectivity index (χ1) is 14.2. The second kappa shape index (κ2) is 9.90. The number of halogens is 1. The molecule has 4 nitrogen and oxygen atoms in total. The number of aryl methyl sites for hydroxylation is 1. The van der Waals surface area contributed by atoms with E-state index in [-0.39, 0.29) is 18.0 Å². The minimum absolute atomic E-state index is 0.0427. The maximum atomic E-state index is 13.3. The first-order valence-corrected chi connectivity index (χ1v) is 10.9. The minimum Gasteiger partial charge on any atom is -0.369 e. The molecular weight excluding hydrogens is 379 g/mol. The monoisotopic (exact) mass is 414 g/mol. The first kappa shape index (κ1) is 22.7. The average molecular weight is 415 g/mol. The van der Waals surface area contributed by atoms with E-state index in [4.69, 9.17) is 15.2 Å². The van der Waals surface area contributed by atoms with E-state index in [1.165, 1.54) is 23.3 Å². The standard InChI is InChI=1S/C25H35FN2O2/c1-18(2)28(22-12-10-21(26)11-13-22)14-6-9-19-7-5-8-20(15-19)16-24-23(27)17-29-25(3,4)30-24/h5,7-8,10-13,15,18,23-24H,6,9,14,16-17,27H2,1-4H3. The molecule has 0 spiro atoms. The fourth-order valence-electron chi connectivity index (χ4n) is 4.00. The molecule has 2 atom stereocenters. The molecule has 2 unspecified atom stereocenters. The molecule has 0 saturated carbocycles. The number of hydrogen-bond donors (Lipinski definition) is 1. The molecule has 1 aliphatic heterocycles. The summed E-state index contributed by atoms with van der Waals surface area (Å²) in [6.07, 6.45) is 2.76. The van der Waals surface area contributed by atoms with Crippen molar-refractivity contribution >= 4 is 5.69 Å². The summed E-state index contributed by atoms with van der Waals surface area (Å²) in [4.78, 5) is 2.32. The normalized spacial score (nSPS) is 21.0. The van der Waals surface area contributed by atoms with Crippen molar-refractivity contribution in [1.29, 1.82) is 0 Å². The Morgan fingerprint density at radius 1 is 1.13 bits per heavy atom. The highest BCUT2D eigenvalue weighted by atomic mass is 19.1. The Bertz CT molecular complexity index is 807. The van der Waals surface area contributed by atoms with Crippen molar-refractivity contribution < 1.29 is 13.9 Å². The van der Waals surface area contributed by atoms with Crippen molar-refractivity contribution in [3.63, 3.8) is 0 Å². The molecule has 1 heterocycles. The Hall–Kier alpha value is -1.95. The van der Waals surface area contributed by atoms with Crippen LogP contribution in [-0.2, 0) is 22.3 Å². The van der Waals surface area contributed by atoms with Gasteiger partial charge in [0.2, 0.25) is 0 Å². The summed E-state index contributed by atoms with van der Waals surface area (Å²) in [7, 11) is 0. The highest BCUT2D eigenvalue weighted by molar-refractivity contribution is 5.47. The number of benzene rings is 2. The predicted molar refractivity (Wildman–Crippen MR) is 120 cm³/mol. The summed E-state index contributed by atoms with van der Waals surface area (Å²) in [6, 6.07) is 15.7. The molecule has 0 aliphatic carbocycles. The fourth-order valence-corrected chi connectivity index (χ4v) is 4.00. The quantitative estimate of drug-likeness (QED) is 0.680. The van der Waals surface area contributed by atoms with Gasteiger partial charge in [0.05, 0.1) is 18.8 Å². The van der Waals surface area contributed by atoms with Crippen molar-refractivity contribution in [3.05, 3.63) is 65.5 Å². The summed E-state index contributed by atoms with van der Waals surface area (Å²) >= 11 is 0. The lowest BCUT2D eigenvalue weighted by Gasteiger charge is -2.39. The average Bonchev–Trinajstić information content (AvgIpc) is 2.69. The molecule has 0 amide bonds. The van der Waals surface area contributed by atoms with E-state index < -0.39 is 5.79 Å². The molecule has 2 aromatic carbocycles. The number of hydrogen-bond acceptors (Lipinski definition) is 4. The lowest BCUT2D eigenvalue weighted by molar-refractivity contribution is -0.278. The molecule has 5 heteroatoms. The van der Waals surface area contributed by atoms with Crippen LogP contribution in [0.5, 0.6) is 0 Å². The van der Waals surface area contributed by atoms with Crippen molar-refractivity contribution in [2.24, 2.45) is 5.73 Å². The van der Waals surface area contributed by atoms with E-state index in [0.717, 1.165) is 31.5 Å². The molecule has 30 heavy (non-hydrogen) atoms. The van der Waals surface area contributed by atoms with Crippen LogP contribution in [0.25, 0.3) is 0 Å². The van der Waals surface area contributed by atoms with Crippen LogP contribution in [0.2, 0.25) is 0 Å². The van der Waals surface area contributed by atoms with Crippen molar-refractivity contribution in [2.75, 3.05) is 18.1 Å². The van der Waals surface area contributed by atoms with Gasteiger partial charge in [-0.3, -0.25) is 0 Å². The third kappa shape index (κ3) is 6.27. The topological polar surface area (TPSA) is 47.7 Å². The highest BCUT2D eigenvalue weighted by Gasteiger charge is 2.34. The van der Waals surface area contributed by atoms with Crippen molar-refractivity contribution in [3.8, 4) is 0 Å². The van der Waals surface area contributed by atoms with E-state index >= 15 is 0 Å². The van der Waals surface area contributed by atoms with Gasteiger partial charge in [0.1, 0.15) is 5.82 Å². The number of ether oxygens (including phenoxy) is 2. The second-order valence-electron chi connectivity index (χ2n) is 8.92. The Kier molecular flexibility index (Phi) is 7.50. The second-order valence-corrected chi connectivity index (χ2v) is 8.92. The summed E-state index contributed by atoms with van der Waals surface area (Å²) in [5.41, 5.74) is 9.83. The van der Waals surface area contributed by atoms with Crippen molar-refractivity contribution in [1.82, 2.24) is 0 Å². The molecule has 3 rings (SSSR count). The molecule has 164 valence electrons. The van der Waals surface area contributed by atoms with Crippen LogP contribution < -0.4 is 10.6 Å². The lowest BCUT2D eigenvalue weighted by Crippen LogP contribution is -2.53. The number of nitrogens with two attached hydrogens (primary N) is 1. The summed E-state index contributed by atoms with van der Waals surface area (Å²) in [5.74, 6) is -0.783. The highest BCUT2D eigenvalue weighted by Crippen LogP contribution is 2.24. The van der Waals surface area contributed by atoms with Crippen LogP contribution in [0.3, 0.4) is 0 Å². The van der Waals surface area contributed by atoms with E-state index in [1.807, 2.05) is 26.0 Å². The molecular formula is C25H35FN2O2. The number of rotatable bonds is 8. The third-order valence-electron chi connectivity index (χ3n) is 5.61. The van der Waals surface area contributed by atoms with Gasteiger partial charge >= 0.3 is 0 Å². The molecule has 2 N–H and O–H groups in total. The van der Waals surface area contributed by atoms with Gasteiger partial charge < -0.3 is 20.1 Å². The van der Waals surface area contributed by atoms with Crippen LogP contribution in [0.4, 0.5) is 10.1 Å². The van der Waals surface area contributed by atoms with Gasteiger partial charge in [0.15, 0.2) is 5.79 Å². The molecule has 0 radical (unpaired) electrons. The van der Waals surface area contributed by atoms with Crippen molar-refractivity contribution in [2.45, 2.75) is 70.9 Å². The van der Waals surface area contributed by atoms with Crippen LogP contribution in [-0.4, -0.2) is 37.1 Å². The van der Waals surface area contributed by atoms with Gasteiger partial charge in [-0.05, 0) is 75.9 Å². The summed E-state index contributed by atoms with van der Waals surface area (Å²) in [5, 5.41) is 0. The van der Waals surface area contributed by atoms with E-state index in [0.29, 0.717) is 12.6 Å². The molecule has 1 aliphatic rings. The largest absolute Gasteiger partial charge is 0.369 e. The molecule has 0 bridgehead atoms. The predicted octanol–water partition coefficient (Wildman–Crippen LogP) is 4.69. The van der Waals surface area contributed by atoms with Crippen LogP contribution in [0.15, 0.2) is 48.5 Å². The van der Waals surface area contributed by atoms with Crippen LogP contribution in [0, 0.1) is 5.82 Å². The van der Waals surface area contributed by atoms with Gasteiger partial charge in [-0.1, -0.05) is 24.3 Å². The van der Waals surface area contributed by atoms with Gasteiger partial charge in [-0.2, -0.15) is 0 Å². The van der Waals surface area contributed by atoms with E-state index in [2.05, 4.69) is 43.0 Å². The van der Waals surface area contributed by atoms with Gasteiger partial charge in [0.25, 0.3) is 0 Å². The number of nitrogens with zero attached hydrogens (tertiary/aromatic N) is 1. The van der Waals surface area contributed by atoms with Crippen LogP contribution >= 0.6 is 0 Å². The maximum Gasteiger partial charge on any atom is 0.163 e. The fraction of sp³-hybridized carbons (Fsp3) is 0.520. The smallest absolute Gasteiger partial charge is 0.163 e. The van der Waals surface area contributed by atoms with Gasteiger partial charge in [-0.15, -0.1) is 0 Å². The molecule has 2 aromatic rings. The first-order valence-electron chi connectivity index (χ1n) is 10.9. The summed E-state index contributed by atoms with van der Waals surface area (Å²) < 4.78 is 24.9. The SMILES string of the molecule is CC(C)N(CCCc1cccc(CC2OC(C)(C)OCC2N)c1)c1ccc(F)cc1. The van der Waals surface area contributed by atoms with Gasteiger partial charge in [0, 0.05) is 24.7 Å². The number of anilines is 1. The third-order valence-corrected chi connectivity index (χ3v) is 5.61. The Labute approximate surface area is 180 Å². The zero-order chi connectivity index (χ0) is 21.7. The molecule has 1 fully saturated rings. The Morgan fingerprint density at radius 2 is 1.83 bits per heavy atom. The van der Waals surface area contributed by atoms with E-state index in [9.17, 15) is 4.39 Å². The van der Waals surface area contributed by atoms with Crippen LogP contribution in [0.1, 0.15) is 45.2 Å². The lowest BCUT2D eigenvalue weighted by atomic mass is 9.98. The van der Waals surface area contributed by atoms with Gasteiger partial charge in [-0.25, -0.2) is 4.39 Å². The molecule has 0 aromatic heterocycles. The zero-order valence-electron chi connectivity index (χ0n) is 18.6. The van der Waals surface area contributed by atoms with E-state index in [1.54, 1.807) is 0 Å². The summed E-state index contributed by atoms with van der Waals surface area (Å²) in [6.45, 7) is 9.65.